The van der Waals surface area contributed by atoms with Crippen molar-refractivity contribution in [3.8, 4) is 0 Å². The fourth-order valence-corrected chi connectivity index (χ4v) is 4.51. The van der Waals surface area contributed by atoms with E-state index in [1.165, 1.54) is 7.11 Å². The Bertz CT molecular complexity index is 930. The third-order valence-electron chi connectivity index (χ3n) is 6.97. The van der Waals surface area contributed by atoms with Gasteiger partial charge < -0.3 is 19.7 Å². The van der Waals surface area contributed by atoms with Crippen molar-refractivity contribution < 1.29 is 23.9 Å². The van der Waals surface area contributed by atoms with Gasteiger partial charge in [0.05, 0.1) is 13.7 Å². The lowest BCUT2D eigenvalue weighted by Gasteiger charge is -2.36. The molecular formula is C30H46N2O5. The first-order valence-corrected chi connectivity index (χ1v) is 13.3. The molecule has 0 bridgehead atoms. The van der Waals surface area contributed by atoms with Crippen LogP contribution < -0.4 is 5.32 Å². The summed E-state index contributed by atoms with van der Waals surface area (Å²) in [6.07, 6.45) is 3.30. The first-order valence-electron chi connectivity index (χ1n) is 13.3. The number of carbonyl (C=O) groups is 3. The Hall–Kier alpha value is -2.67. The average molecular weight is 515 g/mol. The molecule has 7 heteroatoms. The maximum absolute atomic E-state index is 13.8. The molecule has 0 aromatic heterocycles. The van der Waals surface area contributed by atoms with E-state index < -0.39 is 28.9 Å². The molecule has 2 rings (SSSR count). The molecule has 0 aliphatic carbocycles. The van der Waals surface area contributed by atoms with E-state index in [4.69, 9.17) is 9.47 Å². The molecule has 1 aliphatic heterocycles. The molecule has 1 aromatic carbocycles. The predicted molar refractivity (Wildman–Crippen MR) is 146 cm³/mol. The summed E-state index contributed by atoms with van der Waals surface area (Å²) >= 11 is 0. The van der Waals surface area contributed by atoms with Crippen LogP contribution in [0.4, 0.5) is 0 Å². The minimum absolute atomic E-state index is 0.183. The molecule has 3 atom stereocenters. The smallest absolute Gasteiger partial charge is 0.328 e. The summed E-state index contributed by atoms with van der Waals surface area (Å²) in [7, 11) is 1.35. The highest BCUT2D eigenvalue weighted by Crippen LogP contribution is 2.32. The van der Waals surface area contributed by atoms with Crippen LogP contribution in [-0.4, -0.2) is 55.0 Å². The van der Waals surface area contributed by atoms with Gasteiger partial charge in [-0.3, -0.25) is 9.59 Å². The third kappa shape index (κ3) is 8.99. The van der Waals surface area contributed by atoms with E-state index >= 15 is 0 Å². The van der Waals surface area contributed by atoms with E-state index in [9.17, 15) is 14.4 Å². The summed E-state index contributed by atoms with van der Waals surface area (Å²) < 4.78 is 10.8. The van der Waals surface area contributed by atoms with Crippen LogP contribution in [0.15, 0.2) is 42.5 Å². The zero-order valence-electron chi connectivity index (χ0n) is 23.8. The Morgan fingerprint density at radius 3 is 2.30 bits per heavy atom. The summed E-state index contributed by atoms with van der Waals surface area (Å²) in [5.41, 5.74) is 0.584. The predicted octanol–water partition coefficient (Wildman–Crippen LogP) is 4.90. The second-order valence-electron chi connectivity index (χ2n) is 12.2. The van der Waals surface area contributed by atoms with E-state index in [0.717, 1.165) is 24.8 Å². The van der Waals surface area contributed by atoms with Crippen molar-refractivity contribution in [3.63, 3.8) is 0 Å². The lowest BCUT2D eigenvalue weighted by atomic mass is 9.83. The van der Waals surface area contributed by atoms with Crippen molar-refractivity contribution in [2.75, 3.05) is 20.3 Å². The topological polar surface area (TPSA) is 84.9 Å². The number of nitrogens with zero attached hydrogens (tertiary/aromatic N) is 1. The summed E-state index contributed by atoms with van der Waals surface area (Å²) in [6.45, 7) is 17.1. The van der Waals surface area contributed by atoms with Crippen molar-refractivity contribution in [1.82, 2.24) is 10.2 Å². The van der Waals surface area contributed by atoms with Crippen LogP contribution >= 0.6 is 0 Å². The molecule has 206 valence electrons. The first kappa shape index (κ1) is 30.6. The molecular weight excluding hydrogens is 468 g/mol. The number of rotatable bonds is 11. The number of likely N-dealkylation sites (tertiary alicyclic amines) is 1. The molecule has 7 nitrogen and oxygen atoms in total. The molecule has 0 radical (unpaired) electrons. The minimum Gasteiger partial charge on any atom is -0.467 e. The zero-order valence-corrected chi connectivity index (χ0v) is 23.8. The largest absolute Gasteiger partial charge is 0.467 e. The van der Waals surface area contributed by atoms with Crippen molar-refractivity contribution in [3.05, 3.63) is 48.0 Å². The first-order chi connectivity index (χ1) is 17.3. The van der Waals surface area contributed by atoms with Crippen molar-refractivity contribution in [1.29, 1.82) is 0 Å². The number of hydrogen-bond acceptors (Lipinski definition) is 5. The van der Waals surface area contributed by atoms with Gasteiger partial charge in [0, 0.05) is 18.7 Å². The average Bonchev–Trinajstić information content (AvgIpc) is 3.26. The molecule has 1 N–H and O–H groups in total. The highest BCUT2D eigenvalue weighted by atomic mass is 16.5. The number of hydrogen-bond donors (Lipinski definition) is 1. The summed E-state index contributed by atoms with van der Waals surface area (Å²) in [6, 6.07) is 8.63. The fraction of sp³-hybridized carbons (Fsp3) is 0.633. The molecule has 1 aliphatic rings. The maximum Gasteiger partial charge on any atom is 0.328 e. The number of esters is 1. The standard InChI is InChI=1S/C30H46N2O5/c1-21(29(2,3)4)26(33)31-25(30(5,6)7)27(34)32-19-23(18-24(32)28(35)36-8)16-12-13-17-37-20-22-14-10-9-11-15-22/h9-11,14-15,23-25H,1,12-13,16-20H2,2-8H3,(H,31,33)/t23-,24-,25+/m0/s1. The van der Waals surface area contributed by atoms with Crippen LogP contribution in [0.1, 0.15) is 72.8 Å². The van der Waals surface area contributed by atoms with E-state index in [1.54, 1.807) is 4.90 Å². The normalized spacial score (nSPS) is 18.8. The molecule has 1 aromatic rings. The molecule has 1 saturated heterocycles. The van der Waals surface area contributed by atoms with Gasteiger partial charge in [-0.15, -0.1) is 0 Å². The number of nitrogens with one attached hydrogen (secondary N) is 1. The second-order valence-corrected chi connectivity index (χ2v) is 12.2. The third-order valence-corrected chi connectivity index (χ3v) is 6.97. The zero-order chi connectivity index (χ0) is 27.8. The summed E-state index contributed by atoms with van der Waals surface area (Å²) in [5, 5.41) is 2.91. The van der Waals surface area contributed by atoms with Gasteiger partial charge in [-0.1, -0.05) is 84.9 Å². The molecule has 1 heterocycles. The number of carbonyl (C=O) groups excluding carboxylic acids is 3. The van der Waals surface area contributed by atoms with Gasteiger partial charge in [-0.25, -0.2) is 4.79 Å². The van der Waals surface area contributed by atoms with Gasteiger partial charge in [0.15, 0.2) is 0 Å². The molecule has 0 unspecified atom stereocenters. The van der Waals surface area contributed by atoms with Crippen molar-refractivity contribution >= 4 is 17.8 Å². The Kier molecular flexibility index (Phi) is 10.9. The van der Waals surface area contributed by atoms with E-state index in [0.29, 0.717) is 31.8 Å². The molecule has 2 amide bonds. The van der Waals surface area contributed by atoms with Crippen LogP contribution in [0.5, 0.6) is 0 Å². The molecule has 37 heavy (non-hydrogen) atoms. The Balaban J connectivity index is 2.00. The number of ether oxygens (including phenoxy) is 2. The van der Waals surface area contributed by atoms with Crippen LogP contribution in [0.3, 0.4) is 0 Å². The lowest BCUT2D eigenvalue weighted by Crippen LogP contribution is -2.57. The van der Waals surface area contributed by atoms with Gasteiger partial charge >= 0.3 is 5.97 Å². The van der Waals surface area contributed by atoms with Gasteiger partial charge in [0.1, 0.15) is 12.1 Å². The van der Waals surface area contributed by atoms with Crippen LogP contribution in [0.25, 0.3) is 0 Å². The highest BCUT2D eigenvalue weighted by molar-refractivity contribution is 5.98. The summed E-state index contributed by atoms with van der Waals surface area (Å²) in [5.74, 6) is -0.837. The SMILES string of the molecule is C=C(C(=O)N[C@H](C(=O)N1C[C@@H](CCCCOCc2ccccc2)C[C@H]1C(=O)OC)C(C)(C)C)C(C)(C)C. The van der Waals surface area contributed by atoms with Crippen LogP contribution in [0.2, 0.25) is 0 Å². The number of unbranched alkanes of at least 4 members (excludes halogenated alkanes) is 1. The van der Waals surface area contributed by atoms with E-state index in [1.807, 2.05) is 71.9 Å². The van der Waals surface area contributed by atoms with Crippen molar-refractivity contribution in [2.45, 2.75) is 85.9 Å². The Labute approximate surface area is 223 Å². The van der Waals surface area contributed by atoms with Crippen molar-refractivity contribution in [2.24, 2.45) is 16.7 Å². The summed E-state index contributed by atoms with van der Waals surface area (Å²) in [4.78, 5) is 40.9. The lowest BCUT2D eigenvalue weighted by molar-refractivity contribution is -0.153. The monoisotopic (exact) mass is 514 g/mol. The van der Waals surface area contributed by atoms with Crippen LogP contribution in [-0.2, 0) is 30.5 Å². The van der Waals surface area contributed by atoms with Gasteiger partial charge in [0.25, 0.3) is 0 Å². The molecule has 0 spiro atoms. The Morgan fingerprint density at radius 2 is 1.73 bits per heavy atom. The van der Waals surface area contributed by atoms with Gasteiger partial charge in [-0.2, -0.15) is 0 Å². The number of benzene rings is 1. The second kappa shape index (κ2) is 13.2. The van der Waals surface area contributed by atoms with Gasteiger partial charge in [-0.05, 0) is 41.6 Å². The number of methoxy groups -OCH3 is 1. The molecule has 0 saturated carbocycles. The fourth-order valence-electron chi connectivity index (χ4n) is 4.51. The quantitative estimate of drug-likeness (QED) is 0.258. The minimum atomic E-state index is -0.795. The number of amides is 2. The van der Waals surface area contributed by atoms with E-state index in [2.05, 4.69) is 11.9 Å². The maximum atomic E-state index is 13.8. The van der Waals surface area contributed by atoms with Gasteiger partial charge in [0.2, 0.25) is 11.8 Å². The van der Waals surface area contributed by atoms with Crippen LogP contribution in [0, 0.1) is 16.7 Å². The molecule has 1 fully saturated rings. The Morgan fingerprint density at radius 1 is 1.08 bits per heavy atom. The highest BCUT2D eigenvalue weighted by Gasteiger charge is 2.45. The van der Waals surface area contributed by atoms with E-state index in [-0.39, 0.29) is 17.7 Å².